The standard InChI is InChI=1S/C7H11N/c1-8-7-4-5-2-3-6(5)7/h5-7H,1-4H2. The van der Waals surface area contributed by atoms with E-state index in [0.29, 0.717) is 6.04 Å². The Morgan fingerprint density at radius 1 is 1.38 bits per heavy atom. The lowest BCUT2D eigenvalue weighted by atomic mass is 9.57. The van der Waals surface area contributed by atoms with Crippen LogP contribution in [0, 0.1) is 11.8 Å². The Hall–Kier alpha value is -0.330. The van der Waals surface area contributed by atoms with Crippen molar-refractivity contribution in [2.45, 2.75) is 25.3 Å². The van der Waals surface area contributed by atoms with Crippen molar-refractivity contribution in [1.82, 2.24) is 0 Å². The lowest BCUT2D eigenvalue weighted by molar-refractivity contribution is 0.0276. The van der Waals surface area contributed by atoms with Crippen LogP contribution in [0.25, 0.3) is 0 Å². The van der Waals surface area contributed by atoms with Gasteiger partial charge in [0.15, 0.2) is 0 Å². The van der Waals surface area contributed by atoms with Crippen LogP contribution in [0.4, 0.5) is 0 Å². The van der Waals surface area contributed by atoms with E-state index in [-0.39, 0.29) is 0 Å². The van der Waals surface area contributed by atoms with E-state index in [1.807, 2.05) is 0 Å². The van der Waals surface area contributed by atoms with Crippen molar-refractivity contribution in [2.75, 3.05) is 0 Å². The second-order valence-electron chi connectivity index (χ2n) is 2.99. The van der Waals surface area contributed by atoms with Gasteiger partial charge in [0.25, 0.3) is 0 Å². The summed E-state index contributed by atoms with van der Waals surface area (Å²) in [6, 6.07) is 0.661. The van der Waals surface area contributed by atoms with Crippen LogP contribution in [0.3, 0.4) is 0 Å². The molecular weight excluding hydrogens is 98.1 g/mol. The normalized spacial score (nSPS) is 50.8. The van der Waals surface area contributed by atoms with E-state index in [1.54, 1.807) is 0 Å². The highest BCUT2D eigenvalue weighted by Gasteiger charge is 2.46. The third-order valence-electron chi connectivity index (χ3n) is 2.75. The maximum atomic E-state index is 4.03. The van der Waals surface area contributed by atoms with E-state index in [9.17, 15) is 0 Å². The molecule has 0 aromatic heterocycles. The highest BCUT2D eigenvalue weighted by molar-refractivity contribution is 5.26. The van der Waals surface area contributed by atoms with E-state index in [1.165, 1.54) is 19.3 Å². The summed E-state index contributed by atoms with van der Waals surface area (Å²) in [6.07, 6.45) is 4.24. The Labute approximate surface area is 49.8 Å². The molecule has 2 fully saturated rings. The highest BCUT2D eigenvalue weighted by Crippen LogP contribution is 2.51. The number of nitrogens with zero attached hydrogens (tertiary/aromatic N) is 1. The minimum atomic E-state index is 0.661. The predicted octanol–water partition coefficient (Wildman–Crippen LogP) is 1.49. The molecule has 0 bridgehead atoms. The molecule has 8 heavy (non-hydrogen) atoms. The van der Waals surface area contributed by atoms with Gasteiger partial charge < -0.3 is 0 Å². The smallest absolute Gasteiger partial charge is 0.0526 e. The fourth-order valence-corrected chi connectivity index (χ4v) is 1.89. The number of hydrogen-bond donors (Lipinski definition) is 0. The van der Waals surface area contributed by atoms with E-state index in [0.717, 1.165) is 11.8 Å². The molecule has 0 amide bonds. The molecule has 2 aliphatic rings. The number of rotatable bonds is 1. The quantitative estimate of drug-likeness (QED) is 0.452. The first-order valence-corrected chi connectivity index (χ1v) is 3.37. The molecule has 0 aromatic rings. The highest BCUT2D eigenvalue weighted by atomic mass is 14.8. The van der Waals surface area contributed by atoms with Crippen molar-refractivity contribution in [1.29, 1.82) is 0 Å². The zero-order valence-corrected chi connectivity index (χ0v) is 5.01. The molecule has 0 aromatic carbocycles. The second kappa shape index (κ2) is 1.34. The topological polar surface area (TPSA) is 12.4 Å². The van der Waals surface area contributed by atoms with Crippen LogP contribution in [0.2, 0.25) is 0 Å². The molecule has 0 aliphatic heterocycles. The Morgan fingerprint density at radius 2 is 2.25 bits per heavy atom. The van der Waals surface area contributed by atoms with Gasteiger partial charge in [0.2, 0.25) is 0 Å². The summed E-state index contributed by atoms with van der Waals surface area (Å²) >= 11 is 0. The van der Waals surface area contributed by atoms with Crippen LogP contribution >= 0.6 is 0 Å². The van der Waals surface area contributed by atoms with Crippen molar-refractivity contribution in [3.05, 3.63) is 0 Å². The van der Waals surface area contributed by atoms with Crippen molar-refractivity contribution in [2.24, 2.45) is 16.8 Å². The third-order valence-corrected chi connectivity index (χ3v) is 2.75. The first-order chi connectivity index (χ1) is 3.92. The van der Waals surface area contributed by atoms with Gasteiger partial charge in [0.05, 0.1) is 6.04 Å². The molecule has 2 aliphatic carbocycles. The van der Waals surface area contributed by atoms with Crippen LogP contribution in [-0.4, -0.2) is 12.8 Å². The average molecular weight is 109 g/mol. The Balaban J connectivity index is 1.97. The van der Waals surface area contributed by atoms with Gasteiger partial charge in [-0.15, -0.1) is 0 Å². The maximum absolute atomic E-state index is 4.03. The van der Waals surface area contributed by atoms with Gasteiger partial charge in [-0.2, -0.15) is 0 Å². The summed E-state index contributed by atoms with van der Waals surface area (Å²) in [5, 5.41) is 0. The SMILES string of the molecule is C=NC1CC2CCC21. The van der Waals surface area contributed by atoms with Gasteiger partial charge >= 0.3 is 0 Å². The molecule has 2 rings (SSSR count). The van der Waals surface area contributed by atoms with Gasteiger partial charge in [-0.3, -0.25) is 4.99 Å². The summed E-state index contributed by atoms with van der Waals surface area (Å²) in [5.41, 5.74) is 0. The largest absolute Gasteiger partial charge is 0.297 e. The van der Waals surface area contributed by atoms with E-state index >= 15 is 0 Å². The van der Waals surface area contributed by atoms with Crippen molar-refractivity contribution >= 4 is 6.72 Å². The predicted molar refractivity (Wildman–Crippen MR) is 34.2 cm³/mol. The van der Waals surface area contributed by atoms with Crippen molar-refractivity contribution < 1.29 is 0 Å². The van der Waals surface area contributed by atoms with Crippen LogP contribution in [0.15, 0.2) is 4.99 Å². The summed E-state index contributed by atoms with van der Waals surface area (Å²) in [5.74, 6) is 2.03. The minimum absolute atomic E-state index is 0.661. The van der Waals surface area contributed by atoms with E-state index < -0.39 is 0 Å². The fourth-order valence-electron chi connectivity index (χ4n) is 1.89. The van der Waals surface area contributed by atoms with Gasteiger partial charge in [-0.05, 0) is 37.8 Å². The van der Waals surface area contributed by atoms with E-state index in [2.05, 4.69) is 11.7 Å². The third kappa shape index (κ3) is 0.355. The first-order valence-electron chi connectivity index (χ1n) is 3.37. The lowest BCUT2D eigenvalue weighted by Gasteiger charge is -2.51. The number of aliphatic imine (C=N–C) groups is 1. The molecule has 44 valence electrons. The van der Waals surface area contributed by atoms with Crippen molar-refractivity contribution in [3.8, 4) is 0 Å². The van der Waals surface area contributed by atoms with Crippen LogP contribution in [0.5, 0.6) is 0 Å². The first kappa shape index (κ1) is 4.54. The lowest BCUT2D eigenvalue weighted by Crippen LogP contribution is -2.47. The number of hydrogen-bond acceptors (Lipinski definition) is 1. The minimum Gasteiger partial charge on any atom is -0.297 e. The van der Waals surface area contributed by atoms with Crippen LogP contribution in [-0.2, 0) is 0 Å². The molecule has 1 heteroatoms. The maximum Gasteiger partial charge on any atom is 0.0526 e. The molecule has 1 nitrogen and oxygen atoms in total. The second-order valence-corrected chi connectivity index (χ2v) is 2.99. The molecule has 0 spiro atoms. The van der Waals surface area contributed by atoms with Crippen molar-refractivity contribution in [3.63, 3.8) is 0 Å². The van der Waals surface area contributed by atoms with Gasteiger partial charge in [-0.1, -0.05) is 0 Å². The zero-order chi connectivity index (χ0) is 5.56. The van der Waals surface area contributed by atoms with E-state index in [4.69, 9.17) is 0 Å². The molecule has 0 heterocycles. The van der Waals surface area contributed by atoms with Crippen LogP contribution < -0.4 is 0 Å². The summed E-state index contributed by atoms with van der Waals surface area (Å²) in [7, 11) is 0. The zero-order valence-electron chi connectivity index (χ0n) is 5.01. The monoisotopic (exact) mass is 109 g/mol. The Kier molecular flexibility index (Phi) is 0.758. The molecule has 0 saturated heterocycles. The average Bonchev–Trinajstić information content (AvgIpc) is 1.76. The summed E-state index contributed by atoms with van der Waals surface area (Å²) in [4.78, 5) is 4.03. The molecule has 3 unspecified atom stereocenters. The molecule has 3 atom stereocenters. The summed E-state index contributed by atoms with van der Waals surface area (Å²) < 4.78 is 0. The van der Waals surface area contributed by atoms with Gasteiger partial charge in [0, 0.05) is 0 Å². The molecule has 0 radical (unpaired) electrons. The Morgan fingerprint density at radius 3 is 2.38 bits per heavy atom. The molecule has 2 saturated carbocycles. The van der Waals surface area contributed by atoms with Gasteiger partial charge in [0.1, 0.15) is 0 Å². The molecular formula is C7H11N. The van der Waals surface area contributed by atoms with Gasteiger partial charge in [-0.25, -0.2) is 0 Å². The number of fused-ring (bicyclic) bond motifs is 1. The molecule has 0 N–H and O–H groups in total. The fraction of sp³-hybridized carbons (Fsp3) is 0.857. The summed E-state index contributed by atoms with van der Waals surface area (Å²) in [6.45, 7) is 3.55. The Bertz CT molecular complexity index is 120. The van der Waals surface area contributed by atoms with Crippen LogP contribution in [0.1, 0.15) is 19.3 Å².